The molecule has 7 aliphatic rings. The Balaban J connectivity index is 0.747. The first kappa shape index (κ1) is 44.1. The molecule has 3 N–H and O–H groups in total. The number of amides is 3. The van der Waals surface area contributed by atoms with Gasteiger partial charge in [-0.3, -0.25) is 24.1 Å². The van der Waals surface area contributed by atoms with Crippen molar-refractivity contribution in [2.75, 3.05) is 58.1 Å². The highest BCUT2D eigenvalue weighted by molar-refractivity contribution is 7.99. The number of carbonyl (C=O) groups is 4. The van der Waals surface area contributed by atoms with Crippen LogP contribution in [0.1, 0.15) is 44.5 Å². The molecule has 5 fully saturated rings. The van der Waals surface area contributed by atoms with Crippen molar-refractivity contribution in [3.05, 3.63) is 90.0 Å². The number of hydrogen-bond acceptors (Lipinski definition) is 13. The highest BCUT2D eigenvalue weighted by atomic mass is 32.2. The third-order valence-corrected chi connectivity index (χ3v) is 14.9. The van der Waals surface area contributed by atoms with E-state index in [1.807, 2.05) is 49.4 Å². The van der Waals surface area contributed by atoms with E-state index in [1.54, 1.807) is 6.07 Å². The van der Waals surface area contributed by atoms with Gasteiger partial charge < -0.3 is 44.0 Å². The average Bonchev–Trinajstić information content (AvgIpc) is 3.89. The van der Waals surface area contributed by atoms with Crippen LogP contribution < -0.4 is 5.32 Å². The second-order valence-corrected chi connectivity index (χ2v) is 18.4. The standard InChI is InChI=1S/C46H50F2N2O12S/c1-43-25-38-45(48)33(23-35(47)34-22-29(52)11-13-44(34,45)61-38)32(43)24-37-46(43,36(53)26-51)62-42(60-37)27-5-7-30(8-6-27)63-31-4-2-3-28(21-31)49-39(54)12-15-57-17-19-59-20-18-58-16-14-50-40(55)9-10-41(50)56/h2-11,13,21-22,29,32-33,35,37-38,42,51-52H,12,14-20,23-26H2,1H3,(H,49,54)/t29?,32-,33-,35-,37?,38-,42+,43?,44+,45-,46+/m0/s1. The smallest absolute Gasteiger partial charge is 0.253 e. The summed E-state index contributed by atoms with van der Waals surface area (Å²) in [6.07, 6.45) is 1.81. The maximum Gasteiger partial charge on any atom is 0.253 e. The molecule has 0 radical (unpaired) electrons. The number of aliphatic hydroxyl groups excluding tert-OH is 2. The van der Waals surface area contributed by atoms with E-state index in [0.29, 0.717) is 37.7 Å². The predicted molar refractivity (Wildman–Crippen MR) is 221 cm³/mol. The van der Waals surface area contributed by atoms with Crippen LogP contribution in [0.2, 0.25) is 0 Å². The van der Waals surface area contributed by atoms with Gasteiger partial charge in [-0.1, -0.05) is 43.0 Å². The molecule has 3 aliphatic heterocycles. The van der Waals surface area contributed by atoms with Crippen molar-refractivity contribution in [2.24, 2.45) is 17.3 Å². The van der Waals surface area contributed by atoms with Gasteiger partial charge in [0.15, 0.2) is 23.3 Å². The minimum absolute atomic E-state index is 0.110. The molecule has 11 atom stereocenters. The van der Waals surface area contributed by atoms with Crippen LogP contribution in [0.15, 0.2) is 94.3 Å². The number of aliphatic hydroxyl groups is 2. The number of benzene rings is 2. The summed E-state index contributed by atoms with van der Waals surface area (Å²) in [6.45, 7) is 2.91. The molecule has 0 bridgehead atoms. The summed E-state index contributed by atoms with van der Waals surface area (Å²) in [4.78, 5) is 52.5. The van der Waals surface area contributed by atoms with Gasteiger partial charge in [0.2, 0.25) is 5.91 Å². The van der Waals surface area contributed by atoms with Crippen molar-refractivity contribution in [1.82, 2.24) is 4.90 Å². The fraction of sp³-hybridized carbons (Fsp3) is 0.522. The number of nitrogens with zero attached hydrogens (tertiary/aromatic N) is 1. The van der Waals surface area contributed by atoms with E-state index in [1.165, 1.54) is 42.1 Å². The van der Waals surface area contributed by atoms with Crippen molar-refractivity contribution in [3.63, 3.8) is 0 Å². The minimum Gasteiger partial charge on any atom is -0.388 e. The number of alkyl halides is 2. The highest BCUT2D eigenvalue weighted by Crippen LogP contribution is 2.75. The molecule has 336 valence electrons. The van der Waals surface area contributed by atoms with Crippen LogP contribution in [0.5, 0.6) is 0 Å². The molecule has 14 nitrogen and oxygen atoms in total. The summed E-state index contributed by atoms with van der Waals surface area (Å²) >= 11 is 1.48. The Morgan fingerprint density at radius 2 is 1.63 bits per heavy atom. The summed E-state index contributed by atoms with van der Waals surface area (Å²) in [7, 11) is 0. The van der Waals surface area contributed by atoms with Crippen LogP contribution in [0, 0.1) is 17.3 Å². The molecule has 9 rings (SSSR count). The molecule has 2 aromatic carbocycles. The molecule has 1 spiro atoms. The highest BCUT2D eigenvalue weighted by Gasteiger charge is 2.85. The summed E-state index contributed by atoms with van der Waals surface area (Å²) in [5.41, 5.74) is -4.78. The normalized spacial score (nSPS) is 35.7. The fourth-order valence-electron chi connectivity index (χ4n) is 11.1. The number of anilines is 1. The van der Waals surface area contributed by atoms with E-state index in [0.717, 1.165) is 14.7 Å². The molecular weight excluding hydrogens is 843 g/mol. The summed E-state index contributed by atoms with van der Waals surface area (Å²) in [6, 6.07) is 14.9. The number of ether oxygens (including phenoxy) is 6. The molecule has 2 saturated heterocycles. The largest absolute Gasteiger partial charge is 0.388 e. The minimum atomic E-state index is -1.93. The van der Waals surface area contributed by atoms with Crippen LogP contribution in [-0.2, 0) is 47.6 Å². The van der Waals surface area contributed by atoms with Crippen molar-refractivity contribution in [3.8, 4) is 0 Å². The van der Waals surface area contributed by atoms with Gasteiger partial charge in [0, 0.05) is 50.1 Å². The molecule has 3 heterocycles. The fourth-order valence-corrected chi connectivity index (χ4v) is 12.0. The van der Waals surface area contributed by atoms with E-state index in [-0.39, 0.29) is 68.7 Å². The lowest BCUT2D eigenvalue weighted by molar-refractivity contribution is -0.361. The van der Waals surface area contributed by atoms with E-state index in [4.69, 9.17) is 28.4 Å². The molecule has 3 unspecified atom stereocenters. The first-order chi connectivity index (χ1) is 30.3. The third kappa shape index (κ3) is 7.42. The Morgan fingerprint density at radius 3 is 2.37 bits per heavy atom. The van der Waals surface area contributed by atoms with Gasteiger partial charge in [-0.2, -0.15) is 0 Å². The van der Waals surface area contributed by atoms with Crippen LogP contribution >= 0.6 is 11.8 Å². The molecule has 4 aliphatic carbocycles. The van der Waals surface area contributed by atoms with Crippen LogP contribution in [0.3, 0.4) is 0 Å². The first-order valence-electron chi connectivity index (χ1n) is 21.4. The van der Waals surface area contributed by atoms with Gasteiger partial charge in [0.05, 0.1) is 70.9 Å². The van der Waals surface area contributed by atoms with Crippen molar-refractivity contribution in [1.29, 1.82) is 0 Å². The molecule has 3 amide bonds. The van der Waals surface area contributed by atoms with Crippen molar-refractivity contribution >= 4 is 41.0 Å². The van der Waals surface area contributed by atoms with E-state index < -0.39 is 77.3 Å². The van der Waals surface area contributed by atoms with Crippen LogP contribution in [0.25, 0.3) is 0 Å². The van der Waals surface area contributed by atoms with E-state index in [2.05, 4.69) is 5.32 Å². The van der Waals surface area contributed by atoms with Gasteiger partial charge in [-0.25, -0.2) is 8.78 Å². The third-order valence-electron chi connectivity index (χ3n) is 13.9. The number of hydrogen-bond donors (Lipinski definition) is 3. The molecule has 0 aromatic heterocycles. The summed E-state index contributed by atoms with van der Waals surface area (Å²) < 4.78 is 69.2. The number of carbonyl (C=O) groups excluding carboxylic acids is 4. The lowest BCUT2D eigenvalue weighted by atomic mass is 9.44. The zero-order chi connectivity index (χ0) is 44.1. The van der Waals surface area contributed by atoms with E-state index >= 15 is 8.78 Å². The number of fused-ring (bicyclic) bond motifs is 4. The van der Waals surface area contributed by atoms with E-state index in [9.17, 15) is 29.4 Å². The molecule has 2 aromatic rings. The zero-order valence-corrected chi connectivity index (χ0v) is 35.4. The van der Waals surface area contributed by atoms with Gasteiger partial charge >= 0.3 is 0 Å². The Kier molecular flexibility index (Phi) is 12.1. The zero-order valence-electron chi connectivity index (χ0n) is 34.6. The maximum atomic E-state index is 17.5. The lowest BCUT2D eigenvalue weighted by Gasteiger charge is -2.71. The number of rotatable bonds is 18. The molecule has 63 heavy (non-hydrogen) atoms. The Bertz CT molecular complexity index is 2210. The second-order valence-electron chi connectivity index (χ2n) is 17.2. The SMILES string of the molecule is CC12C[C@@H]3O[C@]45C=CC(O)C=C4[C@@H](F)C[C@@H]([C@@H]1CC1O[C@@H](c4ccc(Sc6cccc(NC(=O)CCOCCOCCOCCN7C(=O)C=CC7=O)c6)cc4)O[C@]12C(=O)CO)[C@]35F. The quantitative estimate of drug-likeness (QED) is 0.109. The van der Waals surface area contributed by atoms with Crippen LogP contribution in [0.4, 0.5) is 14.5 Å². The number of nitrogens with one attached hydrogen (secondary N) is 1. The Morgan fingerprint density at radius 1 is 0.921 bits per heavy atom. The van der Waals surface area contributed by atoms with Gasteiger partial charge in [-0.05, 0) is 67.7 Å². The van der Waals surface area contributed by atoms with Gasteiger partial charge in [0.1, 0.15) is 18.4 Å². The van der Waals surface area contributed by atoms with Crippen molar-refractivity contribution in [2.45, 2.75) is 90.0 Å². The summed E-state index contributed by atoms with van der Waals surface area (Å²) in [5, 5.41) is 23.4. The predicted octanol–water partition coefficient (Wildman–Crippen LogP) is 4.35. The summed E-state index contributed by atoms with van der Waals surface area (Å²) in [5.74, 6) is -2.77. The molecule has 17 heteroatoms. The number of ketones is 1. The maximum absolute atomic E-state index is 17.5. The van der Waals surface area contributed by atoms with Crippen molar-refractivity contribution < 1.29 is 66.6 Å². The second kappa shape index (κ2) is 17.3. The average molecular weight is 893 g/mol. The monoisotopic (exact) mass is 892 g/mol. The van der Waals surface area contributed by atoms with Crippen LogP contribution in [-0.4, -0.2) is 133 Å². The van der Waals surface area contributed by atoms with Gasteiger partial charge in [0.25, 0.3) is 11.8 Å². The topological polar surface area (TPSA) is 179 Å². The Hall–Kier alpha value is -4.17. The number of halogens is 2. The molecular formula is C46H50F2N2O12S. The molecule has 3 saturated carbocycles. The number of Topliss-reactive ketones (excluding diaryl/α,β-unsaturated/α-hetero) is 1. The number of imide groups is 1. The van der Waals surface area contributed by atoms with Gasteiger partial charge in [-0.15, -0.1) is 0 Å². The Labute approximate surface area is 366 Å². The first-order valence-corrected chi connectivity index (χ1v) is 22.2. The lowest BCUT2D eigenvalue weighted by Crippen LogP contribution is -2.82.